The first kappa shape index (κ1) is 13.7. The molecule has 0 aliphatic carbocycles. The van der Waals surface area contributed by atoms with Crippen molar-refractivity contribution in [2.45, 2.75) is 6.92 Å². The highest BCUT2D eigenvalue weighted by Crippen LogP contribution is 2.22. The van der Waals surface area contributed by atoms with Crippen LogP contribution in [0.3, 0.4) is 0 Å². The van der Waals surface area contributed by atoms with Crippen molar-refractivity contribution in [2.24, 2.45) is 0 Å². The zero-order valence-corrected chi connectivity index (χ0v) is 9.70. The van der Waals surface area contributed by atoms with Crippen LogP contribution in [0.1, 0.15) is 15.9 Å². The van der Waals surface area contributed by atoms with Gasteiger partial charge in [0, 0.05) is 5.56 Å². The molecule has 5 nitrogen and oxygen atoms in total. The monoisotopic (exact) mass is 253 g/mol. The largest absolute Gasteiger partial charge is 0.478 e. The van der Waals surface area contributed by atoms with E-state index in [0.29, 0.717) is 0 Å². The molecular weight excluding hydrogens is 241 g/mol. The van der Waals surface area contributed by atoms with Gasteiger partial charge in [-0.25, -0.2) is 14.0 Å². The smallest absolute Gasteiger partial charge is 0.411 e. The fourth-order valence-electron chi connectivity index (χ4n) is 1.35. The summed E-state index contributed by atoms with van der Waals surface area (Å²) in [5.74, 6) is -1.98. The van der Waals surface area contributed by atoms with Crippen LogP contribution in [0.15, 0.2) is 24.8 Å². The summed E-state index contributed by atoms with van der Waals surface area (Å²) >= 11 is 0. The number of halogens is 1. The third-order valence-corrected chi connectivity index (χ3v) is 2.18. The fraction of sp³-hybridized carbons (Fsp3) is 0.167. The number of anilines is 1. The molecule has 96 valence electrons. The van der Waals surface area contributed by atoms with E-state index in [4.69, 9.17) is 5.11 Å². The van der Waals surface area contributed by atoms with Gasteiger partial charge in [-0.1, -0.05) is 12.7 Å². The quantitative estimate of drug-likeness (QED) is 0.808. The standard InChI is InChI=1S/C12H12FNO4/c1-3-6-18-12(17)14-9-5-4-8(13)7(2)10(9)11(15)16/h3-5H,1,6H2,2H3,(H,14,17)(H,15,16). The fourth-order valence-corrected chi connectivity index (χ4v) is 1.35. The van der Waals surface area contributed by atoms with E-state index in [9.17, 15) is 14.0 Å². The summed E-state index contributed by atoms with van der Waals surface area (Å²) in [6.07, 6.45) is 0.538. The van der Waals surface area contributed by atoms with Gasteiger partial charge in [0.1, 0.15) is 12.4 Å². The summed E-state index contributed by atoms with van der Waals surface area (Å²) in [4.78, 5) is 22.3. The van der Waals surface area contributed by atoms with Crippen molar-refractivity contribution in [3.05, 3.63) is 41.7 Å². The first-order chi connectivity index (χ1) is 8.47. The summed E-state index contributed by atoms with van der Waals surface area (Å²) < 4.78 is 17.9. The number of hydrogen-bond acceptors (Lipinski definition) is 3. The molecule has 6 heteroatoms. The van der Waals surface area contributed by atoms with Gasteiger partial charge in [0.25, 0.3) is 0 Å². The van der Waals surface area contributed by atoms with Crippen LogP contribution in [0.5, 0.6) is 0 Å². The van der Waals surface area contributed by atoms with Crippen molar-refractivity contribution in [3.63, 3.8) is 0 Å². The van der Waals surface area contributed by atoms with Gasteiger partial charge >= 0.3 is 12.1 Å². The Morgan fingerprint density at radius 3 is 2.78 bits per heavy atom. The molecule has 0 fully saturated rings. The van der Waals surface area contributed by atoms with Crippen molar-refractivity contribution in [2.75, 3.05) is 11.9 Å². The van der Waals surface area contributed by atoms with Gasteiger partial charge in [0.15, 0.2) is 0 Å². The first-order valence-corrected chi connectivity index (χ1v) is 5.04. The van der Waals surface area contributed by atoms with Crippen LogP contribution in [0.25, 0.3) is 0 Å². The summed E-state index contributed by atoms with van der Waals surface area (Å²) in [5, 5.41) is 11.2. The van der Waals surface area contributed by atoms with E-state index in [1.54, 1.807) is 0 Å². The maximum absolute atomic E-state index is 13.2. The minimum atomic E-state index is -1.33. The number of carbonyl (C=O) groups is 2. The number of hydrogen-bond donors (Lipinski definition) is 2. The van der Waals surface area contributed by atoms with E-state index in [1.807, 2.05) is 0 Å². The third-order valence-electron chi connectivity index (χ3n) is 2.18. The second-order valence-corrected chi connectivity index (χ2v) is 3.41. The van der Waals surface area contributed by atoms with Crippen LogP contribution in [0.2, 0.25) is 0 Å². The Balaban J connectivity index is 3.02. The average Bonchev–Trinajstić information content (AvgIpc) is 2.31. The molecule has 0 heterocycles. The van der Waals surface area contributed by atoms with Crippen molar-refractivity contribution in [3.8, 4) is 0 Å². The normalized spacial score (nSPS) is 9.67. The predicted molar refractivity (Wildman–Crippen MR) is 63.3 cm³/mol. The molecule has 0 aliphatic heterocycles. The van der Waals surface area contributed by atoms with E-state index >= 15 is 0 Å². The number of nitrogens with one attached hydrogen (secondary N) is 1. The first-order valence-electron chi connectivity index (χ1n) is 5.04. The summed E-state index contributed by atoms with van der Waals surface area (Å²) in [7, 11) is 0. The van der Waals surface area contributed by atoms with Crippen LogP contribution in [-0.4, -0.2) is 23.8 Å². The number of rotatable bonds is 4. The number of benzene rings is 1. The highest BCUT2D eigenvalue weighted by Gasteiger charge is 2.18. The van der Waals surface area contributed by atoms with Gasteiger partial charge in [0.2, 0.25) is 0 Å². The molecule has 0 atom stereocenters. The van der Waals surface area contributed by atoms with Crippen molar-refractivity contribution >= 4 is 17.7 Å². The molecule has 1 aromatic carbocycles. The lowest BCUT2D eigenvalue weighted by atomic mass is 10.1. The minimum Gasteiger partial charge on any atom is -0.478 e. The molecule has 0 spiro atoms. The van der Waals surface area contributed by atoms with E-state index in [2.05, 4.69) is 16.6 Å². The molecule has 0 saturated carbocycles. The number of carboxylic acids is 1. The molecule has 0 unspecified atom stereocenters. The molecule has 1 rings (SSSR count). The maximum atomic E-state index is 13.2. The van der Waals surface area contributed by atoms with Crippen LogP contribution in [0.4, 0.5) is 14.9 Å². The lowest BCUT2D eigenvalue weighted by Crippen LogP contribution is -2.17. The average molecular weight is 253 g/mol. The molecular formula is C12H12FNO4. The van der Waals surface area contributed by atoms with Gasteiger partial charge in [0.05, 0.1) is 11.3 Å². The van der Waals surface area contributed by atoms with Gasteiger partial charge in [-0.3, -0.25) is 5.32 Å². The van der Waals surface area contributed by atoms with Crippen molar-refractivity contribution in [1.82, 2.24) is 0 Å². The highest BCUT2D eigenvalue weighted by molar-refractivity contribution is 6.00. The number of carbonyl (C=O) groups excluding carboxylic acids is 1. The SMILES string of the molecule is C=CCOC(=O)Nc1ccc(F)c(C)c1C(=O)O. The zero-order valence-electron chi connectivity index (χ0n) is 9.70. The van der Waals surface area contributed by atoms with Crippen molar-refractivity contribution < 1.29 is 23.8 Å². The second-order valence-electron chi connectivity index (χ2n) is 3.41. The Morgan fingerprint density at radius 2 is 2.22 bits per heavy atom. The minimum absolute atomic E-state index is 0.00554. The molecule has 18 heavy (non-hydrogen) atoms. The Bertz CT molecular complexity index is 499. The zero-order chi connectivity index (χ0) is 13.7. The topological polar surface area (TPSA) is 75.6 Å². The Morgan fingerprint density at radius 1 is 1.56 bits per heavy atom. The lowest BCUT2D eigenvalue weighted by Gasteiger charge is -2.11. The Labute approximate surface area is 103 Å². The van der Waals surface area contributed by atoms with Crippen LogP contribution < -0.4 is 5.32 Å². The van der Waals surface area contributed by atoms with Crippen LogP contribution in [0, 0.1) is 12.7 Å². The molecule has 0 aliphatic rings. The molecule has 0 saturated heterocycles. The number of amides is 1. The highest BCUT2D eigenvalue weighted by atomic mass is 19.1. The summed E-state index contributed by atoms with van der Waals surface area (Å²) in [5.41, 5.74) is -0.370. The number of ether oxygens (including phenoxy) is 1. The number of aromatic carboxylic acids is 1. The van der Waals surface area contributed by atoms with E-state index < -0.39 is 17.9 Å². The number of carboxylic acid groups (broad SMARTS) is 1. The Kier molecular flexibility index (Phi) is 4.42. The van der Waals surface area contributed by atoms with E-state index in [0.717, 1.165) is 6.07 Å². The molecule has 0 aromatic heterocycles. The molecule has 0 bridgehead atoms. The molecule has 1 amide bonds. The lowest BCUT2D eigenvalue weighted by molar-refractivity contribution is 0.0696. The summed E-state index contributed by atoms with van der Waals surface area (Å²) in [6.45, 7) is 4.68. The molecule has 1 aromatic rings. The van der Waals surface area contributed by atoms with Gasteiger partial charge in [-0.2, -0.15) is 0 Å². The van der Waals surface area contributed by atoms with Gasteiger partial charge in [-0.15, -0.1) is 0 Å². The summed E-state index contributed by atoms with van der Waals surface area (Å²) in [6, 6.07) is 2.24. The van der Waals surface area contributed by atoms with E-state index in [1.165, 1.54) is 19.1 Å². The third kappa shape index (κ3) is 3.07. The van der Waals surface area contributed by atoms with Crippen LogP contribution >= 0.6 is 0 Å². The van der Waals surface area contributed by atoms with Crippen LogP contribution in [-0.2, 0) is 4.74 Å². The van der Waals surface area contributed by atoms with Gasteiger partial charge < -0.3 is 9.84 Å². The predicted octanol–water partition coefficient (Wildman–Crippen LogP) is 2.57. The van der Waals surface area contributed by atoms with E-state index in [-0.39, 0.29) is 23.4 Å². The Hall–Kier alpha value is -2.37. The molecule has 2 N–H and O–H groups in total. The second kappa shape index (κ2) is 5.81. The van der Waals surface area contributed by atoms with Gasteiger partial charge in [-0.05, 0) is 19.1 Å². The van der Waals surface area contributed by atoms with Crippen molar-refractivity contribution in [1.29, 1.82) is 0 Å². The maximum Gasteiger partial charge on any atom is 0.411 e. The molecule has 0 radical (unpaired) electrons.